The quantitative estimate of drug-likeness (QED) is 0.785. The number of nitrogens with two attached hydrogens (primary N) is 1. The lowest BCUT2D eigenvalue weighted by Crippen LogP contribution is -2.40. The lowest BCUT2D eigenvalue weighted by molar-refractivity contribution is 0.353. The maximum Gasteiger partial charge on any atom is 0.151 e. The molecule has 82 valence electrons. The number of piperidine rings is 1. The van der Waals surface area contributed by atoms with Crippen LogP contribution in [0.4, 0.5) is 5.82 Å². The van der Waals surface area contributed by atoms with Crippen molar-refractivity contribution < 1.29 is 0 Å². The fraction of sp³-hybridized carbons (Fsp3) is 0.636. The third-order valence-corrected chi connectivity index (χ3v) is 3.17. The predicted molar refractivity (Wildman–Crippen MR) is 60.6 cm³/mol. The van der Waals surface area contributed by atoms with Crippen LogP contribution < -0.4 is 10.6 Å². The van der Waals surface area contributed by atoms with E-state index in [-0.39, 0.29) is 0 Å². The minimum atomic E-state index is 0.314. The number of anilines is 1. The summed E-state index contributed by atoms with van der Waals surface area (Å²) in [4.78, 5) is 2.28. The molecular weight excluding hydrogens is 188 g/mol. The van der Waals surface area contributed by atoms with Gasteiger partial charge in [0, 0.05) is 25.3 Å². The van der Waals surface area contributed by atoms with Crippen molar-refractivity contribution in [2.24, 2.45) is 11.7 Å². The monoisotopic (exact) mass is 206 g/mol. The van der Waals surface area contributed by atoms with E-state index in [1.807, 2.05) is 12.1 Å². The highest BCUT2D eigenvalue weighted by molar-refractivity contribution is 5.36. The number of aromatic nitrogens is 2. The van der Waals surface area contributed by atoms with Crippen molar-refractivity contribution in [3.05, 3.63) is 18.3 Å². The maximum atomic E-state index is 5.90. The second-order valence-electron chi connectivity index (χ2n) is 4.27. The molecule has 1 saturated heterocycles. The van der Waals surface area contributed by atoms with Crippen LogP contribution in [0, 0.1) is 5.92 Å². The first kappa shape index (κ1) is 10.4. The predicted octanol–water partition coefficient (Wildman–Crippen LogP) is 1.04. The Morgan fingerprint density at radius 2 is 2.20 bits per heavy atom. The summed E-state index contributed by atoms with van der Waals surface area (Å²) in [6.07, 6.45) is 4.03. The number of nitrogens with zero attached hydrogens (tertiary/aromatic N) is 3. The van der Waals surface area contributed by atoms with Crippen LogP contribution in [-0.2, 0) is 0 Å². The average molecular weight is 206 g/mol. The maximum absolute atomic E-state index is 5.90. The van der Waals surface area contributed by atoms with E-state index >= 15 is 0 Å². The van der Waals surface area contributed by atoms with Gasteiger partial charge >= 0.3 is 0 Å². The molecule has 2 heterocycles. The van der Waals surface area contributed by atoms with Gasteiger partial charge in [-0.2, -0.15) is 5.10 Å². The van der Waals surface area contributed by atoms with Gasteiger partial charge in [0.05, 0.1) is 0 Å². The molecule has 1 aliphatic rings. The van der Waals surface area contributed by atoms with Gasteiger partial charge in [0.1, 0.15) is 0 Å². The molecule has 0 amide bonds. The van der Waals surface area contributed by atoms with Gasteiger partial charge in [0.2, 0.25) is 0 Å². The number of hydrogen-bond acceptors (Lipinski definition) is 4. The van der Waals surface area contributed by atoms with Gasteiger partial charge in [-0.05, 0) is 37.8 Å². The first-order valence-electron chi connectivity index (χ1n) is 5.55. The first-order valence-corrected chi connectivity index (χ1v) is 5.55. The Bertz CT molecular complexity index is 291. The van der Waals surface area contributed by atoms with Crippen molar-refractivity contribution in [1.82, 2.24) is 10.2 Å². The Kier molecular flexibility index (Phi) is 3.16. The van der Waals surface area contributed by atoms with Crippen molar-refractivity contribution in [3.8, 4) is 0 Å². The molecule has 1 aliphatic heterocycles. The smallest absolute Gasteiger partial charge is 0.151 e. The summed E-state index contributed by atoms with van der Waals surface area (Å²) in [6.45, 7) is 4.19. The lowest BCUT2D eigenvalue weighted by atomic mass is 9.91. The van der Waals surface area contributed by atoms with Crippen LogP contribution in [-0.4, -0.2) is 29.3 Å². The molecule has 1 atom stereocenters. The van der Waals surface area contributed by atoms with Gasteiger partial charge in [-0.25, -0.2) is 0 Å². The third-order valence-electron chi connectivity index (χ3n) is 3.17. The first-order chi connectivity index (χ1) is 7.27. The van der Waals surface area contributed by atoms with Crippen LogP contribution in [0.1, 0.15) is 19.8 Å². The molecule has 2 N–H and O–H groups in total. The summed E-state index contributed by atoms with van der Waals surface area (Å²) >= 11 is 0. The summed E-state index contributed by atoms with van der Waals surface area (Å²) in [7, 11) is 0. The van der Waals surface area contributed by atoms with Gasteiger partial charge in [-0.1, -0.05) is 0 Å². The summed E-state index contributed by atoms with van der Waals surface area (Å²) in [6, 6.07) is 4.26. The van der Waals surface area contributed by atoms with Crippen LogP contribution >= 0.6 is 0 Å². The van der Waals surface area contributed by atoms with E-state index in [1.54, 1.807) is 6.20 Å². The van der Waals surface area contributed by atoms with E-state index in [1.165, 1.54) is 0 Å². The Hall–Kier alpha value is -1.16. The van der Waals surface area contributed by atoms with E-state index in [0.717, 1.165) is 31.7 Å². The SMILES string of the molecule is CC(N)C1CCN(c2cccnn2)CC1. The van der Waals surface area contributed by atoms with Crippen LogP contribution in [0.5, 0.6) is 0 Å². The molecule has 0 saturated carbocycles. The highest BCUT2D eigenvalue weighted by Crippen LogP contribution is 2.22. The zero-order chi connectivity index (χ0) is 10.7. The molecule has 0 aliphatic carbocycles. The number of rotatable bonds is 2. The minimum Gasteiger partial charge on any atom is -0.355 e. The molecule has 0 radical (unpaired) electrons. The molecule has 0 spiro atoms. The zero-order valence-electron chi connectivity index (χ0n) is 9.13. The summed E-state index contributed by atoms with van der Waals surface area (Å²) in [5, 5.41) is 8.01. The van der Waals surface area contributed by atoms with E-state index in [0.29, 0.717) is 12.0 Å². The molecule has 0 bridgehead atoms. The van der Waals surface area contributed by atoms with Crippen molar-refractivity contribution in [2.45, 2.75) is 25.8 Å². The Morgan fingerprint density at radius 3 is 2.73 bits per heavy atom. The van der Waals surface area contributed by atoms with Crippen LogP contribution in [0.2, 0.25) is 0 Å². The van der Waals surface area contributed by atoms with Crippen LogP contribution in [0.25, 0.3) is 0 Å². The molecular formula is C11H18N4. The fourth-order valence-corrected chi connectivity index (χ4v) is 2.12. The second-order valence-corrected chi connectivity index (χ2v) is 4.27. The van der Waals surface area contributed by atoms with E-state index in [4.69, 9.17) is 5.73 Å². The molecule has 1 fully saturated rings. The Balaban J connectivity index is 1.94. The van der Waals surface area contributed by atoms with Crippen molar-refractivity contribution in [3.63, 3.8) is 0 Å². The third kappa shape index (κ3) is 2.45. The van der Waals surface area contributed by atoms with Gasteiger partial charge in [0.25, 0.3) is 0 Å². The standard InChI is InChI=1S/C11H18N4/c1-9(12)10-4-7-15(8-5-10)11-3-2-6-13-14-11/h2-3,6,9-10H,4-5,7-8,12H2,1H3. The van der Waals surface area contributed by atoms with E-state index < -0.39 is 0 Å². The zero-order valence-corrected chi connectivity index (χ0v) is 9.13. The lowest BCUT2D eigenvalue weighted by Gasteiger charge is -2.34. The van der Waals surface area contributed by atoms with Crippen molar-refractivity contribution in [1.29, 1.82) is 0 Å². The van der Waals surface area contributed by atoms with Crippen molar-refractivity contribution >= 4 is 5.82 Å². The highest BCUT2D eigenvalue weighted by Gasteiger charge is 2.22. The molecule has 1 unspecified atom stereocenters. The van der Waals surface area contributed by atoms with E-state index in [2.05, 4.69) is 22.0 Å². The number of hydrogen-bond donors (Lipinski definition) is 1. The van der Waals surface area contributed by atoms with E-state index in [9.17, 15) is 0 Å². The summed E-state index contributed by atoms with van der Waals surface area (Å²) < 4.78 is 0. The molecule has 2 rings (SSSR count). The topological polar surface area (TPSA) is 55.0 Å². The normalized spacial score (nSPS) is 20.3. The van der Waals surface area contributed by atoms with Crippen LogP contribution in [0.15, 0.2) is 18.3 Å². The van der Waals surface area contributed by atoms with Gasteiger partial charge < -0.3 is 10.6 Å². The average Bonchev–Trinajstić information content (AvgIpc) is 2.30. The van der Waals surface area contributed by atoms with Crippen molar-refractivity contribution in [2.75, 3.05) is 18.0 Å². The summed E-state index contributed by atoms with van der Waals surface area (Å²) in [5.74, 6) is 1.65. The molecule has 15 heavy (non-hydrogen) atoms. The molecule has 1 aromatic heterocycles. The van der Waals surface area contributed by atoms with Crippen LogP contribution in [0.3, 0.4) is 0 Å². The van der Waals surface area contributed by atoms with Gasteiger partial charge in [-0.3, -0.25) is 0 Å². The fourth-order valence-electron chi connectivity index (χ4n) is 2.12. The largest absolute Gasteiger partial charge is 0.355 e. The molecule has 4 heteroatoms. The molecule has 4 nitrogen and oxygen atoms in total. The van der Waals surface area contributed by atoms with Gasteiger partial charge in [0.15, 0.2) is 5.82 Å². The highest BCUT2D eigenvalue weighted by atomic mass is 15.3. The minimum absolute atomic E-state index is 0.314. The molecule has 1 aromatic rings. The second kappa shape index (κ2) is 4.57. The summed E-state index contributed by atoms with van der Waals surface area (Å²) in [5.41, 5.74) is 5.90. The van der Waals surface area contributed by atoms with Gasteiger partial charge in [-0.15, -0.1) is 5.10 Å². The molecule has 0 aromatic carbocycles. The Morgan fingerprint density at radius 1 is 1.47 bits per heavy atom. The Labute approximate surface area is 90.5 Å².